The van der Waals surface area contributed by atoms with Crippen LogP contribution in [0.1, 0.15) is 27.2 Å². The van der Waals surface area contributed by atoms with Crippen LogP contribution in [0.15, 0.2) is 0 Å². The second-order valence-corrected chi connectivity index (χ2v) is 7.21. The Morgan fingerprint density at radius 3 is 2.21 bits per heavy atom. The summed E-state index contributed by atoms with van der Waals surface area (Å²) in [5.41, 5.74) is 0. The smallest absolute Gasteiger partial charge is 0.324 e. The summed E-state index contributed by atoms with van der Waals surface area (Å²) in [4.78, 5) is 11.3. The van der Waals surface area contributed by atoms with E-state index in [0.717, 1.165) is 0 Å². The van der Waals surface area contributed by atoms with Crippen molar-refractivity contribution in [2.45, 2.75) is 36.6 Å². The van der Waals surface area contributed by atoms with Gasteiger partial charge >= 0.3 is 5.97 Å². The Hall–Kier alpha value is -0.100. The molecule has 0 aliphatic carbocycles. The number of carbonyl (C=O) groups is 1. The summed E-state index contributed by atoms with van der Waals surface area (Å²) in [6.45, 7) is 4.97. The number of alkyl halides is 1. The summed E-state index contributed by atoms with van der Waals surface area (Å²) >= 11 is 2.96. The van der Waals surface area contributed by atoms with E-state index in [-0.39, 0.29) is 13.0 Å². The largest absolute Gasteiger partial charge is 0.465 e. The van der Waals surface area contributed by atoms with E-state index in [1.165, 1.54) is 6.92 Å². The van der Waals surface area contributed by atoms with Gasteiger partial charge in [0.05, 0.1) is 6.61 Å². The maximum atomic E-state index is 11.6. The minimum absolute atomic E-state index is 0.196. The van der Waals surface area contributed by atoms with Crippen LogP contribution in [0.2, 0.25) is 0 Å². The quantitative estimate of drug-likeness (QED) is 0.567. The van der Waals surface area contributed by atoms with Gasteiger partial charge in [0.1, 0.15) is 4.16 Å². The first kappa shape index (κ1) is 13.9. The highest BCUT2D eigenvalue weighted by molar-refractivity contribution is 9.11. The zero-order valence-corrected chi connectivity index (χ0v) is 10.9. The van der Waals surface area contributed by atoms with Crippen molar-refractivity contribution >= 4 is 31.7 Å². The standard InChI is InChI=1S/C8H15BrO4S/c1-4-7(8(10)13-5-2)14(11,12)6(3)9/h6-7H,4-5H2,1-3H3. The third-order valence-electron chi connectivity index (χ3n) is 1.77. The second-order valence-electron chi connectivity index (χ2n) is 2.78. The Balaban J connectivity index is 4.82. The van der Waals surface area contributed by atoms with Gasteiger partial charge in [0.15, 0.2) is 15.1 Å². The molecule has 0 spiro atoms. The topological polar surface area (TPSA) is 60.4 Å². The van der Waals surface area contributed by atoms with Gasteiger partial charge in [0, 0.05) is 0 Å². The molecule has 0 bridgehead atoms. The predicted molar refractivity (Wildman–Crippen MR) is 58.0 cm³/mol. The number of hydrogen-bond donors (Lipinski definition) is 0. The van der Waals surface area contributed by atoms with Crippen LogP contribution in [0.3, 0.4) is 0 Å². The number of esters is 1. The number of halogens is 1. The molecule has 0 aromatic heterocycles. The fourth-order valence-electron chi connectivity index (χ4n) is 0.995. The molecule has 14 heavy (non-hydrogen) atoms. The fraction of sp³-hybridized carbons (Fsp3) is 0.875. The van der Waals surface area contributed by atoms with Gasteiger partial charge in [-0.15, -0.1) is 0 Å². The normalized spacial score (nSPS) is 16.0. The second kappa shape index (κ2) is 5.70. The van der Waals surface area contributed by atoms with Crippen LogP contribution in [0, 0.1) is 0 Å². The third kappa shape index (κ3) is 3.24. The zero-order valence-electron chi connectivity index (χ0n) is 8.49. The van der Waals surface area contributed by atoms with Crippen LogP contribution >= 0.6 is 15.9 Å². The lowest BCUT2D eigenvalue weighted by atomic mass is 10.3. The lowest BCUT2D eigenvalue weighted by Gasteiger charge is -2.15. The molecule has 0 radical (unpaired) electrons. The molecular formula is C8H15BrO4S. The summed E-state index contributed by atoms with van der Waals surface area (Å²) in [7, 11) is -3.47. The highest BCUT2D eigenvalue weighted by atomic mass is 79.9. The minimum atomic E-state index is -3.47. The van der Waals surface area contributed by atoms with Crippen molar-refractivity contribution in [2.75, 3.05) is 6.61 Å². The number of carbonyl (C=O) groups excluding carboxylic acids is 1. The van der Waals surface area contributed by atoms with Gasteiger partial charge in [-0.25, -0.2) is 8.42 Å². The molecule has 0 rings (SSSR count). The van der Waals surface area contributed by atoms with Gasteiger partial charge in [-0.2, -0.15) is 0 Å². The third-order valence-corrected chi connectivity index (χ3v) is 5.56. The van der Waals surface area contributed by atoms with Gasteiger partial charge in [0.2, 0.25) is 0 Å². The molecule has 0 saturated carbocycles. The van der Waals surface area contributed by atoms with Crippen LogP contribution in [0.25, 0.3) is 0 Å². The van der Waals surface area contributed by atoms with Crippen molar-refractivity contribution in [3.63, 3.8) is 0 Å². The van der Waals surface area contributed by atoms with Gasteiger partial charge in [-0.05, 0) is 20.3 Å². The van der Waals surface area contributed by atoms with Crippen LogP contribution in [0.5, 0.6) is 0 Å². The van der Waals surface area contributed by atoms with Crippen molar-refractivity contribution in [1.29, 1.82) is 0 Å². The molecule has 0 heterocycles. The van der Waals surface area contributed by atoms with Crippen molar-refractivity contribution < 1.29 is 17.9 Å². The molecule has 0 aromatic rings. The monoisotopic (exact) mass is 286 g/mol. The average molecular weight is 287 g/mol. The number of sulfone groups is 1. The first-order chi connectivity index (χ1) is 6.37. The Morgan fingerprint density at radius 2 is 1.93 bits per heavy atom. The van der Waals surface area contributed by atoms with Crippen molar-refractivity contribution in [3.05, 3.63) is 0 Å². The van der Waals surface area contributed by atoms with Crippen molar-refractivity contribution in [1.82, 2.24) is 0 Å². The molecule has 0 fully saturated rings. The lowest BCUT2D eigenvalue weighted by Crippen LogP contribution is -2.35. The summed E-state index contributed by atoms with van der Waals surface area (Å²) in [6, 6.07) is 0. The average Bonchev–Trinajstić information content (AvgIpc) is 2.04. The molecule has 84 valence electrons. The number of rotatable bonds is 5. The Morgan fingerprint density at radius 1 is 1.43 bits per heavy atom. The Kier molecular flexibility index (Phi) is 5.66. The van der Waals surface area contributed by atoms with Crippen LogP contribution < -0.4 is 0 Å². The fourth-order valence-corrected chi connectivity index (χ4v) is 3.03. The predicted octanol–water partition coefficient (Wildman–Crippen LogP) is 1.48. The first-order valence-corrected chi connectivity index (χ1v) is 6.93. The summed E-state index contributed by atoms with van der Waals surface area (Å²) in [5.74, 6) is -0.665. The molecule has 0 aliphatic rings. The van der Waals surface area contributed by atoms with Gasteiger partial charge < -0.3 is 4.74 Å². The van der Waals surface area contributed by atoms with E-state index in [9.17, 15) is 13.2 Å². The number of ether oxygens (including phenoxy) is 1. The molecule has 4 nitrogen and oxygen atoms in total. The highest BCUT2D eigenvalue weighted by Gasteiger charge is 2.35. The van der Waals surface area contributed by atoms with E-state index in [1.807, 2.05) is 0 Å². The maximum Gasteiger partial charge on any atom is 0.324 e. The van der Waals surface area contributed by atoms with E-state index in [1.54, 1.807) is 13.8 Å². The van der Waals surface area contributed by atoms with E-state index >= 15 is 0 Å². The Bertz CT molecular complexity index is 284. The van der Waals surface area contributed by atoms with Crippen LogP contribution in [-0.2, 0) is 19.4 Å². The molecule has 6 heteroatoms. The molecule has 0 aromatic carbocycles. The highest BCUT2D eigenvalue weighted by Crippen LogP contribution is 2.18. The van der Waals surface area contributed by atoms with Gasteiger partial charge in [-0.1, -0.05) is 22.9 Å². The van der Waals surface area contributed by atoms with Crippen LogP contribution in [0.4, 0.5) is 0 Å². The van der Waals surface area contributed by atoms with Crippen molar-refractivity contribution in [3.8, 4) is 0 Å². The number of hydrogen-bond acceptors (Lipinski definition) is 4. The molecule has 2 unspecified atom stereocenters. The summed E-state index contributed by atoms with van der Waals surface area (Å²) in [5, 5.41) is -1.06. The van der Waals surface area contributed by atoms with Gasteiger partial charge in [-0.3, -0.25) is 4.79 Å². The van der Waals surface area contributed by atoms with Crippen molar-refractivity contribution in [2.24, 2.45) is 0 Å². The molecule has 0 saturated heterocycles. The lowest BCUT2D eigenvalue weighted by molar-refractivity contribution is -0.142. The molecular weight excluding hydrogens is 272 g/mol. The van der Waals surface area contributed by atoms with Gasteiger partial charge in [0.25, 0.3) is 0 Å². The minimum Gasteiger partial charge on any atom is -0.465 e. The van der Waals surface area contributed by atoms with E-state index in [4.69, 9.17) is 4.74 Å². The molecule has 2 atom stereocenters. The molecule has 0 aliphatic heterocycles. The molecule has 0 amide bonds. The Labute approximate surface area is 93.1 Å². The SMILES string of the molecule is CCOC(=O)C(CC)S(=O)(=O)C(C)Br. The maximum absolute atomic E-state index is 11.6. The van der Waals surface area contributed by atoms with E-state index < -0.39 is 25.2 Å². The summed E-state index contributed by atoms with van der Waals surface area (Å²) in [6.07, 6.45) is 0.233. The summed E-state index contributed by atoms with van der Waals surface area (Å²) < 4.78 is 27.2. The molecule has 0 N–H and O–H groups in total. The zero-order chi connectivity index (χ0) is 11.4. The van der Waals surface area contributed by atoms with Crippen LogP contribution in [-0.4, -0.2) is 30.4 Å². The first-order valence-electron chi connectivity index (χ1n) is 4.41. The van der Waals surface area contributed by atoms with E-state index in [0.29, 0.717) is 0 Å². The van der Waals surface area contributed by atoms with E-state index in [2.05, 4.69) is 15.9 Å².